The van der Waals surface area contributed by atoms with E-state index in [1.807, 2.05) is 60.9 Å². The van der Waals surface area contributed by atoms with Crippen molar-refractivity contribution in [3.05, 3.63) is 96.3 Å². The summed E-state index contributed by atoms with van der Waals surface area (Å²) in [5.74, 6) is -0.0240. The highest BCUT2D eigenvalue weighted by Gasteiger charge is 2.07. The van der Waals surface area contributed by atoms with E-state index in [1.165, 1.54) is 5.56 Å². The summed E-state index contributed by atoms with van der Waals surface area (Å²) >= 11 is 0. The molecule has 0 radical (unpaired) electrons. The zero-order valence-corrected chi connectivity index (χ0v) is 15.0. The first kappa shape index (κ1) is 17.0. The van der Waals surface area contributed by atoms with Gasteiger partial charge in [-0.25, -0.2) is 4.98 Å². The van der Waals surface area contributed by atoms with Crippen LogP contribution < -0.4 is 5.32 Å². The van der Waals surface area contributed by atoms with Gasteiger partial charge in [0.15, 0.2) is 0 Å². The first-order valence-electron chi connectivity index (χ1n) is 9.10. The van der Waals surface area contributed by atoms with Gasteiger partial charge in [-0.15, -0.1) is 0 Å². The summed E-state index contributed by atoms with van der Waals surface area (Å²) in [5.41, 5.74) is 5.05. The molecule has 0 aliphatic heterocycles. The second kappa shape index (κ2) is 7.87. The van der Waals surface area contributed by atoms with E-state index in [4.69, 9.17) is 0 Å². The van der Waals surface area contributed by atoms with Crippen LogP contribution in [0, 0.1) is 0 Å². The fraction of sp³-hybridized carbons (Fsp3) is 0.130. The average Bonchev–Trinajstić information content (AvgIpc) is 3.10. The lowest BCUT2D eigenvalue weighted by Crippen LogP contribution is -2.14. The van der Waals surface area contributed by atoms with E-state index in [2.05, 4.69) is 39.1 Å². The molecule has 0 unspecified atom stereocenters. The van der Waals surface area contributed by atoms with Crippen LogP contribution in [-0.2, 0) is 24.2 Å². The highest BCUT2D eigenvalue weighted by atomic mass is 16.1. The Morgan fingerprint density at radius 3 is 2.33 bits per heavy atom. The summed E-state index contributed by atoms with van der Waals surface area (Å²) in [6.45, 7) is 0.875. The molecule has 4 rings (SSSR count). The van der Waals surface area contributed by atoms with Crippen molar-refractivity contribution in [2.24, 2.45) is 0 Å². The minimum atomic E-state index is -0.0240. The molecule has 0 aliphatic carbocycles. The molecule has 0 spiro atoms. The molecule has 0 fully saturated rings. The third-order valence-electron chi connectivity index (χ3n) is 4.60. The number of nitrogens with one attached hydrogen (secondary N) is 1. The molecule has 134 valence electrons. The maximum atomic E-state index is 12.2. The molecular weight excluding hydrogens is 334 g/mol. The van der Waals surface area contributed by atoms with Crippen LogP contribution >= 0.6 is 0 Å². The predicted molar refractivity (Wildman–Crippen MR) is 109 cm³/mol. The maximum Gasteiger partial charge on any atom is 0.228 e. The normalized spacial score (nSPS) is 10.8. The maximum absolute atomic E-state index is 12.2. The SMILES string of the molecule is O=C(Cc1ccccc1)Nc1ccc2c(c1)ncn2CCc1ccccc1. The predicted octanol–water partition coefficient (Wildman–Crippen LogP) is 4.46. The second-order valence-electron chi connectivity index (χ2n) is 6.59. The van der Waals surface area contributed by atoms with Gasteiger partial charge in [0, 0.05) is 12.2 Å². The number of rotatable bonds is 6. The summed E-state index contributed by atoms with van der Waals surface area (Å²) in [5, 5.41) is 2.96. The Kier molecular flexibility index (Phi) is 4.97. The highest BCUT2D eigenvalue weighted by molar-refractivity contribution is 5.94. The molecule has 1 N–H and O–H groups in total. The van der Waals surface area contributed by atoms with Crippen LogP contribution in [0.2, 0.25) is 0 Å². The molecule has 0 saturated carbocycles. The average molecular weight is 355 g/mol. The summed E-state index contributed by atoms with van der Waals surface area (Å²) in [6, 6.07) is 26.1. The van der Waals surface area contributed by atoms with E-state index in [9.17, 15) is 4.79 Å². The number of hydrogen-bond donors (Lipinski definition) is 1. The quantitative estimate of drug-likeness (QED) is 0.555. The summed E-state index contributed by atoms with van der Waals surface area (Å²) in [4.78, 5) is 16.7. The fourth-order valence-electron chi connectivity index (χ4n) is 3.20. The zero-order chi connectivity index (χ0) is 18.5. The van der Waals surface area contributed by atoms with Gasteiger partial charge in [-0.3, -0.25) is 4.79 Å². The smallest absolute Gasteiger partial charge is 0.228 e. The fourth-order valence-corrected chi connectivity index (χ4v) is 3.20. The van der Waals surface area contributed by atoms with E-state index in [0.717, 1.165) is 35.2 Å². The van der Waals surface area contributed by atoms with Crippen LogP contribution in [-0.4, -0.2) is 15.5 Å². The van der Waals surface area contributed by atoms with Gasteiger partial charge in [0.1, 0.15) is 0 Å². The number of benzene rings is 3. The van der Waals surface area contributed by atoms with Crippen LogP contribution in [0.3, 0.4) is 0 Å². The molecule has 4 nitrogen and oxygen atoms in total. The number of fused-ring (bicyclic) bond motifs is 1. The third kappa shape index (κ3) is 4.23. The number of amides is 1. The van der Waals surface area contributed by atoms with Crippen molar-refractivity contribution in [2.45, 2.75) is 19.4 Å². The van der Waals surface area contributed by atoms with Crippen LogP contribution in [0.15, 0.2) is 85.2 Å². The Hall–Kier alpha value is -3.40. The van der Waals surface area contributed by atoms with Gasteiger partial charge in [0.25, 0.3) is 0 Å². The van der Waals surface area contributed by atoms with Crippen LogP contribution in [0.1, 0.15) is 11.1 Å². The number of nitrogens with zero attached hydrogens (tertiary/aromatic N) is 2. The number of anilines is 1. The van der Waals surface area contributed by atoms with Gasteiger partial charge in [0.2, 0.25) is 5.91 Å². The van der Waals surface area contributed by atoms with Gasteiger partial charge < -0.3 is 9.88 Å². The second-order valence-corrected chi connectivity index (χ2v) is 6.59. The Balaban J connectivity index is 1.43. The summed E-state index contributed by atoms with van der Waals surface area (Å²) in [6.07, 6.45) is 3.19. The molecule has 4 heteroatoms. The molecule has 0 saturated heterocycles. The number of carbonyl (C=O) groups excluding carboxylic acids is 1. The number of carbonyl (C=O) groups is 1. The Bertz CT molecular complexity index is 1040. The monoisotopic (exact) mass is 355 g/mol. The standard InChI is InChI=1S/C23H21N3O/c27-23(15-19-9-5-2-6-10-19)25-20-11-12-22-21(16-20)24-17-26(22)14-13-18-7-3-1-4-8-18/h1-12,16-17H,13-15H2,(H,25,27). The molecule has 0 bridgehead atoms. The number of aromatic nitrogens is 2. The first-order valence-corrected chi connectivity index (χ1v) is 9.10. The molecule has 27 heavy (non-hydrogen) atoms. The van der Waals surface area contributed by atoms with E-state index >= 15 is 0 Å². The van der Waals surface area contributed by atoms with Gasteiger partial charge in [-0.05, 0) is 35.7 Å². The van der Waals surface area contributed by atoms with E-state index in [1.54, 1.807) is 0 Å². The van der Waals surface area contributed by atoms with Crippen LogP contribution in [0.4, 0.5) is 5.69 Å². The first-order chi connectivity index (χ1) is 13.3. The van der Waals surface area contributed by atoms with E-state index < -0.39 is 0 Å². The van der Waals surface area contributed by atoms with Crippen LogP contribution in [0.5, 0.6) is 0 Å². The molecule has 0 aliphatic rings. The molecule has 3 aromatic carbocycles. The van der Waals surface area contributed by atoms with Crippen molar-refractivity contribution >= 4 is 22.6 Å². The summed E-state index contributed by atoms with van der Waals surface area (Å²) < 4.78 is 2.15. The van der Waals surface area contributed by atoms with Crippen molar-refractivity contribution in [3.8, 4) is 0 Å². The van der Waals surface area contributed by atoms with Gasteiger partial charge in [-0.2, -0.15) is 0 Å². The van der Waals surface area contributed by atoms with Crippen molar-refractivity contribution in [1.29, 1.82) is 0 Å². The Morgan fingerprint density at radius 2 is 1.59 bits per heavy atom. The molecule has 1 aromatic heterocycles. The minimum Gasteiger partial charge on any atom is -0.330 e. The number of hydrogen-bond acceptors (Lipinski definition) is 2. The zero-order valence-electron chi connectivity index (χ0n) is 15.0. The highest BCUT2D eigenvalue weighted by Crippen LogP contribution is 2.19. The Labute approximate surface area is 158 Å². The lowest BCUT2D eigenvalue weighted by molar-refractivity contribution is -0.115. The largest absolute Gasteiger partial charge is 0.330 e. The molecule has 4 aromatic rings. The number of imidazole rings is 1. The van der Waals surface area contributed by atoms with Gasteiger partial charge in [0.05, 0.1) is 23.8 Å². The van der Waals surface area contributed by atoms with Gasteiger partial charge in [-0.1, -0.05) is 60.7 Å². The Morgan fingerprint density at radius 1 is 0.889 bits per heavy atom. The molecular formula is C23H21N3O. The topological polar surface area (TPSA) is 46.9 Å². The van der Waals surface area contributed by atoms with Crippen molar-refractivity contribution in [2.75, 3.05) is 5.32 Å². The van der Waals surface area contributed by atoms with Crippen LogP contribution in [0.25, 0.3) is 11.0 Å². The third-order valence-corrected chi connectivity index (χ3v) is 4.60. The molecule has 0 atom stereocenters. The number of aryl methyl sites for hydroxylation is 2. The summed E-state index contributed by atoms with van der Waals surface area (Å²) in [7, 11) is 0. The van der Waals surface area contributed by atoms with Crippen molar-refractivity contribution < 1.29 is 4.79 Å². The molecule has 1 heterocycles. The molecule has 1 amide bonds. The minimum absolute atomic E-state index is 0.0240. The lowest BCUT2D eigenvalue weighted by atomic mass is 10.1. The van der Waals surface area contributed by atoms with E-state index in [-0.39, 0.29) is 5.91 Å². The van der Waals surface area contributed by atoms with Gasteiger partial charge >= 0.3 is 0 Å². The van der Waals surface area contributed by atoms with Crippen molar-refractivity contribution in [1.82, 2.24) is 9.55 Å². The lowest BCUT2D eigenvalue weighted by Gasteiger charge is -2.07. The van der Waals surface area contributed by atoms with Crippen molar-refractivity contribution in [3.63, 3.8) is 0 Å². The van der Waals surface area contributed by atoms with E-state index in [0.29, 0.717) is 6.42 Å².